The average Bonchev–Trinajstić information content (AvgIpc) is 2.75. The SMILES string of the molecule is CCC(CC)C(CNC(=O)NCCNC(=O)c1ccc(Br)cc1)N1CCOCC1. The Morgan fingerprint density at radius 3 is 2.28 bits per heavy atom. The highest BCUT2D eigenvalue weighted by molar-refractivity contribution is 9.10. The first kappa shape index (κ1) is 23.6. The number of hydrogen-bond donors (Lipinski definition) is 3. The summed E-state index contributed by atoms with van der Waals surface area (Å²) in [6, 6.07) is 7.27. The predicted molar refractivity (Wildman–Crippen MR) is 118 cm³/mol. The number of halogens is 1. The summed E-state index contributed by atoms with van der Waals surface area (Å²) in [5, 5.41) is 8.63. The van der Waals surface area contributed by atoms with Gasteiger partial charge in [0.1, 0.15) is 0 Å². The Kier molecular flexibility index (Phi) is 10.5. The van der Waals surface area contributed by atoms with Crippen LogP contribution in [0.3, 0.4) is 0 Å². The Bertz CT molecular complexity index is 631. The highest BCUT2D eigenvalue weighted by atomic mass is 79.9. The Labute approximate surface area is 182 Å². The molecule has 1 fully saturated rings. The monoisotopic (exact) mass is 468 g/mol. The lowest BCUT2D eigenvalue weighted by molar-refractivity contribution is 0.00238. The van der Waals surface area contributed by atoms with Crippen LogP contribution in [-0.2, 0) is 4.74 Å². The minimum atomic E-state index is -0.202. The number of carbonyl (C=O) groups is 2. The van der Waals surface area contributed by atoms with Gasteiger partial charge in [-0.25, -0.2) is 4.79 Å². The van der Waals surface area contributed by atoms with Crippen molar-refractivity contribution in [2.24, 2.45) is 5.92 Å². The second kappa shape index (κ2) is 12.8. The molecule has 1 saturated heterocycles. The lowest BCUT2D eigenvalue weighted by atomic mass is 9.92. The van der Waals surface area contributed by atoms with Crippen LogP contribution < -0.4 is 16.0 Å². The van der Waals surface area contributed by atoms with Crippen molar-refractivity contribution in [1.82, 2.24) is 20.9 Å². The van der Waals surface area contributed by atoms with Crippen molar-refractivity contribution in [3.63, 3.8) is 0 Å². The maximum atomic E-state index is 12.2. The molecule has 1 aromatic carbocycles. The molecule has 1 aliphatic heterocycles. The summed E-state index contributed by atoms with van der Waals surface area (Å²) in [6.07, 6.45) is 2.17. The van der Waals surface area contributed by atoms with E-state index in [2.05, 4.69) is 50.6 Å². The third-order valence-electron chi connectivity index (χ3n) is 5.38. The van der Waals surface area contributed by atoms with E-state index in [0.29, 0.717) is 37.2 Å². The molecular formula is C21H33BrN4O3. The van der Waals surface area contributed by atoms with Crippen LogP contribution in [0.4, 0.5) is 4.79 Å². The smallest absolute Gasteiger partial charge is 0.314 e. The second-order valence-electron chi connectivity index (χ2n) is 7.19. The Hall–Kier alpha value is -1.64. The minimum absolute atomic E-state index is 0.152. The van der Waals surface area contributed by atoms with Crippen molar-refractivity contribution in [2.45, 2.75) is 32.7 Å². The normalized spacial score (nSPS) is 15.7. The zero-order valence-corrected chi connectivity index (χ0v) is 19.0. The fraction of sp³-hybridized carbons (Fsp3) is 0.619. The van der Waals surface area contributed by atoms with E-state index < -0.39 is 0 Å². The first-order valence-corrected chi connectivity index (χ1v) is 11.2. The van der Waals surface area contributed by atoms with Crippen molar-refractivity contribution >= 4 is 27.9 Å². The summed E-state index contributed by atoms with van der Waals surface area (Å²) in [7, 11) is 0. The molecule has 1 aromatic rings. The molecule has 1 heterocycles. The number of rotatable bonds is 10. The molecule has 1 aliphatic rings. The van der Waals surface area contributed by atoms with E-state index in [-0.39, 0.29) is 11.9 Å². The van der Waals surface area contributed by atoms with E-state index in [1.165, 1.54) is 0 Å². The predicted octanol–water partition coefficient (Wildman–Crippen LogP) is 2.62. The van der Waals surface area contributed by atoms with E-state index in [1.54, 1.807) is 12.1 Å². The lowest BCUT2D eigenvalue weighted by Gasteiger charge is -2.38. The van der Waals surface area contributed by atoms with Crippen molar-refractivity contribution in [2.75, 3.05) is 45.9 Å². The van der Waals surface area contributed by atoms with Crippen LogP contribution in [0.5, 0.6) is 0 Å². The number of benzene rings is 1. The summed E-state index contributed by atoms with van der Waals surface area (Å²) >= 11 is 3.35. The van der Waals surface area contributed by atoms with Gasteiger partial charge < -0.3 is 20.7 Å². The van der Waals surface area contributed by atoms with Gasteiger partial charge >= 0.3 is 6.03 Å². The molecule has 162 valence electrons. The number of nitrogens with one attached hydrogen (secondary N) is 3. The molecular weight excluding hydrogens is 436 g/mol. The largest absolute Gasteiger partial charge is 0.379 e. The van der Waals surface area contributed by atoms with Gasteiger partial charge in [0, 0.05) is 48.8 Å². The van der Waals surface area contributed by atoms with Crippen LogP contribution in [0.25, 0.3) is 0 Å². The Balaban J connectivity index is 1.71. The van der Waals surface area contributed by atoms with Gasteiger partial charge in [0.05, 0.1) is 13.2 Å². The van der Waals surface area contributed by atoms with E-state index in [4.69, 9.17) is 4.74 Å². The van der Waals surface area contributed by atoms with Crippen LogP contribution in [0.15, 0.2) is 28.7 Å². The molecule has 7 nitrogen and oxygen atoms in total. The van der Waals surface area contributed by atoms with Gasteiger partial charge in [-0.15, -0.1) is 0 Å². The standard InChI is InChI=1S/C21H33BrN4O3/c1-3-16(4-2)19(26-11-13-29-14-12-26)15-25-21(28)24-10-9-23-20(27)17-5-7-18(22)8-6-17/h5-8,16,19H,3-4,9-15H2,1-2H3,(H,23,27)(H2,24,25,28). The van der Waals surface area contributed by atoms with Crippen LogP contribution in [0.2, 0.25) is 0 Å². The zero-order chi connectivity index (χ0) is 21.1. The first-order chi connectivity index (χ1) is 14.0. The molecule has 0 radical (unpaired) electrons. The quantitative estimate of drug-likeness (QED) is 0.460. The van der Waals surface area contributed by atoms with Gasteiger partial charge in [0.25, 0.3) is 5.91 Å². The van der Waals surface area contributed by atoms with Crippen molar-refractivity contribution in [3.05, 3.63) is 34.3 Å². The summed E-state index contributed by atoms with van der Waals surface area (Å²) in [6.45, 7) is 9.10. The van der Waals surface area contributed by atoms with E-state index >= 15 is 0 Å². The molecule has 0 aliphatic carbocycles. The molecule has 1 unspecified atom stereocenters. The van der Waals surface area contributed by atoms with Gasteiger partial charge in [-0.2, -0.15) is 0 Å². The first-order valence-electron chi connectivity index (χ1n) is 10.4. The average molecular weight is 469 g/mol. The molecule has 3 amide bonds. The maximum absolute atomic E-state index is 12.2. The minimum Gasteiger partial charge on any atom is -0.379 e. The number of morpholine rings is 1. The fourth-order valence-electron chi connectivity index (χ4n) is 3.65. The van der Waals surface area contributed by atoms with Crippen molar-refractivity contribution in [3.8, 4) is 0 Å². The Morgan fingerprint density at radius 2 is 1.66 bits per heavy atom. The van der Waals surface area contributed by atoms with Crippen LogP contribution >= 0.6 is 15.9 Å². The Morgan fingerprint density at radius 1 is 1.03 bits per heavy atom. The van der Waals surface area contributed by atoms with Gasteiger partial charge in [-0.3, -0.25) is 9.69 Å². The summed E-state index contributed by atoms with van der Waals surface area (Å²) < 4.78 is 6.39. The molecule has 1 atom stereocenters. The molecule has 0 saturated carbocycles. The number of ether oxygens (including phenoxy) is 1. The van der Waals surface area contributed by atoms with Gasteiger partial charge in [0.15, 0.2) is 0 Å². The molecule has 3 N–H and O–H groups in total. The second-order valence-corrected chi connectivity index (χ2v) is 8.11. The van der Waals surface area contributed by atoms with E-state index in [9.17, 15) is 9.59 Å². The van der Waals surface area contributed by atoms with E-state index in [0.717, 1.165) is 43.6 Å². The lowest BCUT2D eigenvalue weighted by Crippen LogP contribution is -2.53. The van der Waals surface area contributed by atoms with Crippen LogP contribution in [-0.4, -0.2) is 68.8 Å². The molecule has 0 bridgehead atoms. The van der Waals surface area contributed by atoms with E-state index in [1.807, 2.05) is 12.1 Å². The number of nitrogens with zero attached hydrogens (tertiary/aromatic N) is 1. The fourth-order valence-corrected chi connectivity index (χ4v) is 3.92. The summed E-state index contributed by atoms with van der Waals surface area (Å²) in [5.74, 6) is 0.388. The topological polar surface area (TPSA) is 82.7 Å². The maximum Gasteiger partial charge on any atom is 0.314 e. The van der Waals surface area contributed by atoms with Crippen molar-refractivity contribution in [1.29, 1.82) is 0 Å². The summed E-state index contributed by atoms with van der Waals surface area (Å²) in [5.41, 5.74) is 0.594. The number of urea groups is 1. The highest BCUT2D eigenvalue weighted by Gasteiger charge is 2.27. The van der Waals surface area contributed by atoms with Crippen LogP contribution in [0, 0.1) is 5.92 Å². The highest BCUT2D eigenvalue weighted by Crippen LogP contribution is 2.19. The number of carbonyl (C=O) groups excluding carboxylic acids is 2. The molecule has 2 rings (SSSR count). The molecule has 0 aromatic heterocycles. The number of hydrogen-bond acceptors (Lipinski definition) is 4. The third kappa shape index (κ3) is 7.95. The van der Waals surface area contributed by atoms with Gasteiger partial charge in [0.2, 0.25) is 0 Å². The molecule has 8 heteroatoms. The van der Waals surface area contributed by atoms with Gasteiger partial charge in [-0.05, 0) is 30.2 Å². The van der Waals surface area contributed by atoms with Crippen molar-refractivity contribution < 1.29 is 14.3 Å². The zero-order valence-electron chi connectivity index (χ0n) is 17.4. The number of amides is 3. The summed E-state index contributed by atoms with van der Waals surface area (Å²) in [4.78, 5) is 26.7. The van der Waals surface area contributed by atoms with Gasteiger partial charge in [-0.1, -0.05) is 42.6 Å². The van der Waals surface area contributed by atoms with Crippen LogP contribution in [0.1, 0.15) is 37.0 Å². The molecule has 0 spiro atoms. The molecule has 29 heavy (non-hydrogen) atoms. The third-order valence-corrected chi connectivity index (χ3v) is 5.91.